The number of aryl methyl sites for hydroxylation is 2. The number of esters is 1. The van der Waals surface area contributed by atoms with Gasteiger partial charge in [-0.05, 0) is 68.7 Å². The van der Waals surface area contributed by atoms with E-state index >= 15 is 0 Å². The fourth-order valence-electron chi connectivity index (χ4n) is 4.44. The van der Waals surface area contributed by atoms with Gasteiger partial charge in [0.25, 0.3) is 5.78 Å². The lowest BCUT2D eigenvalue weighted by atomic mass is 9.95. The molecule has 1 aromatic heterocycles. The van der Waals surface area contributed by atoms with Gasteiger partial charge in [-0.25, -0.2) is 9.78 Å². The van der Waals surface area contributed by atoms with Crippen molar-refractivity contribution in [1.82, 2.24) is 4.98 Å². The number of hydrogen-bond donors (Lipinski definition) is 1. The minimum atomic E-state index is -1.01. The summed E-state index contributed by atoms with van der Waals surface area (Å²) in [7, 11) is 0. The van der Waals surface area contributed by atoms with Crippen molar-refractivity contribution in [2.24, 2.45) is 0 Å². The van der Waals surface area contributed by atoms with E-state index in [4.69, 9.17) is 14.2 Å². The smallest absolute Gasteiger partial charge is 0.350 e. The Labute approximate surface area is 242 Å². The van der Waals surface area contributed by atoms with Crippen molar-refractivity contribution in [3.8, 4) is 11.5 Å². The van der Waals surface area contributed by atoms with Crippen LogP contribution < -0.4 is 14.4 Å². The third kappa shape index (κ3) is 6.02. The molecule has 0 aliphatic carbocycles. The maximum atomic E-state index is 13.5. The predicted octanol–water partition coefficient (Wildman–Crippen LogP) is 5.92. The first-order valence-electron chi connectivity index (χ1n) is 13.2. The van der Waals surface area contributed by atoms with Crippen LogP contribution in [0.15, 0.2) is 60.7 Å². The molecular formula is C31H32N2O7S. The average molecular weight is 577 g/mol. The Bertz CT molecular complexity index is 1510. The Morgan fingerprint density at radius 3 is 2.49 bits per heavy atom. The molecule has 0 saturated carbocycles. The average Bonchev–Trinajstić information content (AvgIpc) is 3.47. The van der Waals surface area contributed by atoms with E-state index < -0.39 is 23.7 Å². The number of aliphatic hydroxyl groups excluding tert-OH is 1. The number of nitrogens with zero attached hydrogens (tertiary/aromatic N) is 2. The minimum absolute atomic E-state index is 0.0954. The first kappa shape index (κ1) is 29.5. The maximum Gasteiger partial charge on any atom is 0.350 e. The van der Waals surface area contributed by atoms with Crippen molar-refractivity contribution < 1.29 is 33.7 Å². The van der Waals surface area contributed by atoms with Crippen LogP contribution in [0.5, 0.6) is 11.5 Å². The monoisotopic (exact) mass is 576 g/mol. The number of Topliss-reactive ketones (excluding diaryl/α,β-unsaturated/α-hetero) is 1. The van der Waals surface area contributed by atoms with Crippen LogP contribution in [0, 0.1) is 13.8 Å². The van der Waals surface area contributed by atoms with Crippen LogP contribution in [0.1, 0.15) is 58.4 Å². The zero-order valence-corrected chi connectivity index (χ0v) is 24.2. The van der Waals surface area contributed by atoms with Crippen molar-refractivity contribution in [3.05, 3.63) is 88.0 Å². The molecule has 9 nitrogen and oxygen atoms in total. The summed E-state index contributed by atoms with van der Waals surface area (Å²) in [4.78, 5) is 45.5. The molecule has 1 saturated heterocycles. The van der Waals surface area contributed by atoms with E-state index in [1.807, 2.05) is 13.8 Å². The number of amides is 1. The summed E-state index contributed by atoms with van der Waals surface area (Å²) in [5, 5.41) is 11.6. The van der Waals surface area contributed by atoms with Gasteiger partial charge in [0.15, 0.2) is 5.13 Å². The van der Waals surface area contributed by atoms with Gasteiger partial charge in [0.2, 0.25) is 0 Å². The number of hydrogen-bond acceptors (Lipinski definition) is 9. The molecule has 4 rings (SSSR count). The zero-order chi connectivity index (χ0) is 29.7. The molecule has 1 N–H and O–H groups in total. The van der Waals surface area contributed by atoms with Gasteiger partial charge in [0, 0.05) is 5.56 Å². The van der Waals surface area contributed by atoms with Crippen molar-refractivity contribution >= 4 is 39.9 Å². The Balaban J connectivity index is 1.85. The molecule has 1 aliphatic heterocycles. The van der Waals surface area contributed by atoms with Gasteiger partial charge < -0.3 is 19.3 Å². The Morgan fingerprint density at radius 1 is 1.12 bits per heavy atom. The Morgan fingerprint density at radius 2 is 1.85 bits per heavy atom. The van der Waals surface area contributed by atoms with E-state index in [2.05, 4.69) is 11.6 Å². The van der Waals surface area contributed by atoms with Crippen LogP contribution in [0.4, 0.5) is 5.13 Å². The number of carbonyl (C=O) groups excluding carboxylic acids is 3. The number of carbonyl (C=O) groups is 3. The summed E-state index contributed by atoms with van der Waals surface area (Å²) in [5.74, 6) is -1.39. The lowest BCUT2D eigenvalue weighted by Gasteiger charge is -2.23. The molecule has 1 fully saturated rings. The van der Waals surface area contributed by atoms with Gasteiger partial charge in [0.1, 0.15) is 28.7 Å². The van der Waals surface area contributed by atoms with Gasteiger partial charge in [0.05, 0.1) is 30.5 Å². The molecule has 0 spiro atoms. The van der Waals surface area contributed by atoms with E-state index in [-0.39, 0.29) is 27.9 Å². The number of anilines is 1. The molecule has 2 heterocycles. The highest BCUT2D eigenvalue weighted by Gasteiger charge is 2.48. The van der Waals surface area contributed by atoms with Crippen LogP contribution in [0.3, 0.4) is 0 Å². The maximum absolute atomic E-state index is 13.5. The third-order valence-corrected chi connectivity index (χ3v) is 7.51. The lowest BCUT2D eigenvalue weighted by Crippen LogP contribution is -2.29. The summed E-state index contributed by atoms with van der Waals surface area (Å²) in [6, 6.07) is 10.9. The SMILES string of the molecule is C=CCOc1ccc([C@@H]2C(=C(O)c3ccc(OCCC)c(C)c3)C(=O)C(=O)N2c2nc(C)c(C(=O)OCC)s2)cc1. The second kappa shape index (κ2) is 12.8. The Hall–Kier alpha value is -4.44. The number of aromatic nitrogens is 1. The summed E-state index contributed by atoms with van der Waals surface area (Å²) in [6.07, 6.45) is 2.46. The van der Waals surface area contributed by atoms with E-state index in [1.165, 1.54) is 4.90 Å². The van der Waals surface area contributed by atoms with Crippen molar-refractivity contribution in [2.75, 3.05) is 24.7 Å². The molecule has 0 bridgehead atoms. The third-order valence-electron chi connectivity index (χ3n) is 6.37. The fraction of sp³-hybridized carbons (Fsp3) is 0.290. The molecule has 3 aromatic rings. The molecular weight excluding hydrogens is 544 g/mol. The molecule has 0 unspecified atom stereocenters. The highest BCUT2D eigenvalue weighted by Crippen LogP contribution is 2.44. The lowest BCUT2D eigenvalue weighted by molar-refractivity contribution is -0.132. The van der Waals surface area contributed by atoms with Crippen molar-refractivity contribution in [1.29, 1.82) is 0 Å². The summed E-state index contributed by atoms with van der Waals surface area (Å²) < 4.78 is 16.5. The number of thiazole rings is 1. The number of ether oxygens (including phenoxy) is 3. The molecule has 2 aromatic carbocycles. The molecule has 214 valence electrons. The van der Waals surface area contributed by atoms with Crippen LogP contribution in [0.2, 0.25) is 0 Å². The van der Waals surface area contributed by atoms with Crippen LogP contribution >= 0.6 is 11.3 Å². The van der Waals surface area contributed by atoms with Crippen molar-refractivity contribution in [2.45, 2.75) is 40.2 Å². The largest absolute Gasteiger partial charge is 0.507 e. The predicted molar refractivity (Wildman–Crippen MR) is 157 cm³/mol. The summed E-state index contributed by atoms with van der Waals surface area (Å²) in [5.41, 5.74) is 1.95. The molecule has 1 atom stereocenters. The highest BCUT2D eigenvalue weighted by atomic mass is 32.1. The van der Waals surface area contributed by atoms with Crippen LogP contribution in [-0.4, -0.2) is 47.6 Å². The number of aliphatic hydroxyl groups is 1. The molecule has 10 heteroatoms. The highest BCUT2D eigenvalue weighted by molar-refractivity contribution is 7.17. The van der Waals surface area contributed by atoms with E-state index in [0.717, 1.165) is 23.3 Å². The van der Waals surface area contributed by atoms with Gasteiger partial charge >= 0.3 is 11.9 Å². The van der Waals surface area contributed by atoms with Gasteiger partial charge in [-0.2, -0.15) is 0 Å². The quantitative estimate of drug-likeness (QED) is 0.0984. The van der Waals surface area contributed by atoms with Gasteiger partial charge in [-0.15, -0.1) is 0 Å². The van der Waals surface area contributed by atoms with Crippen molar-refractivity contribution in [3.63, 3.8) is 0 Å². The minimum Gasteiger partial charge on any atom is -0.507 e. The summed E-state index contributed by atoms with van der Waals surface area (Å²) >= 11 is 0.956. The molecule has 1 aliphatic rings. The van der Waals surface area contributed by atoms with E-state index in [9.17, 15) is 19.5 Å². The number of rotatable bonds is 11. The van der Waals surface area contributed by atoms with Gasteiger partial charge in [-0.3, -0.25) is 14.5 Å². The normalized spacial score (nSPS) is 16.1. The Kier molecular flexibility index (Phi) is 9.24. The topological polar surface area (TPSA) is 115 Å². The van der Waals surface area contributed by atoms with E-state index in [0.29, 0.717) is 41.5 Å². The van der Waals surface area contributed by atoms with Crippen LogP contribution in [0.25, 0.3) is 5.76 Å². The second-order valence-corrected chi connectivity index (χ2v) is 10.3. The molecule has 0 radical (unpaired) electrons. The first-order chi connectivity index (χ1) is 19.7. The van der Waals surface area contributed by atoms with Crippen LogP contribution in [-0.2, 0) is 14.3 Å². The van der Waals surface area contributed by atoms with Gasteiger partial charge in [-0.1, -0.05) is 43.0 Å². The fourth-order valence-corrected chi connectivity index (χ4v) is 5.43. The first-order valence-corrected chi connectivity index (χ1v) is 14.1. The zero-order valence-electron chi connectivity index (χ0n) is 23.4. The molecule has 1 amide bonds. The van der Waals surface area contributed by atoms with E-state index in [1.54, 1.807) is 62.4 Å². The number of ketones is 1. The molecule has 41 heavy (non-hydrogen) atoms. The second-order valence-electron chi connectivity index (χ2n) is 9.30. The standard InChI is InChI=1S/C31H32N2O7S/c1-6-15-39-22-12-9-20(10-13-22)25-24(26(34)21-11-14-23(18(4)17-21)40-16-7-2)27(35)29(36)33(25)31-32-19(5)28(41-31)30(37)38-8-3/h6,9-14,17,25,34H,1,7-8,15-16H2,2-5H3/t25-/m1/s1. The summed E-state index contributed by atoms with van der Waals surface area (Å²) in [6.45, 7) is 11.9. The number of benzene rings is 2.